The highest BCUT2D eigenvalue weighted by molar-refractivity contribution is 6.03. The molecule has 0 aliphatic carbocycles. The van der Waals surface area contributed by atoms with Gasteiger partial charge in [-0.2, -0.15) is 0 Å². The van der Waals surface area contributed by atoms with E-state index >= 15 is 0 Å². The van der Waals surface area contributed by atoms with Crippen LogP contribution in [0.3, 0.4) is 0 Å². The molecule has 0 unspecified atom stereocenters. The Morgan fingerprint density at radius 1 is 1.04 bits per heavy atom. The largest absolute Gasteiger partial charge is 0.548 e. The lowest BCUT2D eigenvalue weighted by Gasteiger charge is -2.24. The van der Waals surface area contributed by atoms with Gasteiger partial charge in [0.1, 0.15) is 5.70 Å². The minimum absolute atomic E-state index is 0.0331. The standard InChI is InChI=1S/C17H22N2O4/c1-10(2)13(16(21)19-14(11(3)4)17(22)23)18-15(20)12-8-6-5-7-9-12/h5-9,11,14H,1-4H3,(H,18,20)(H,19,21)(H,22,23)/p-1/t14-/m0/s1. The van der Waals surface area contributed by atoms with Gasteiger partial charge in [0, 0.05) is 5.56 Å². The summed E-state index contributed by atoms with van der Waals surface area (Å²) < 4.78 is 0. The molecular formula is C17H21N2O4-. The Morgan fingerprint density at radius 3 is 2.04 bits per heavy atom. The quantitative estimate of drug-likeness (QED) is 0.751. The number of hydrogen-bond donors (Lipinski definition) is 2. The summed E-state index contributed by atoms with van der Waals surface area (Å²) in [6, 6.07) is 7.30. The van der Waals surface area contributed by atoms with E-state index in [1.807, 2.05) is 0 Å². The number of carbonyl (C=O) groups excluding carboxylic acids is 3. The monoisotopic (exact) mass is 317 g/mol. The van der Waals surface area contributed by atoms with Crippen LogP contribution in [0, 0.1) is 5.92 Å². The molecule has 0 aliphatic heterocycles. The number of benzene rings is 1. The van der Waals surface area contributed by atoms with Gasteiger partial charge in [0.25, 0.3) is 11.8 Å². The average molecular weight is 317 g/mol. The molecule has 1 aromatic carbocycles. The van der Waals surface area contributed by atoms with E-state index in [9.17, 15) is 19.5 Å². The zero-order valence-corrected chi connectivity index (χ0v) is 13.7. The van der Waals surface area contributed by atoms with Crippen LogP contribution < -0.4 is 15.7 Å². The number of rotatable bonds is 6. The summed E-state index contributed by atoms with van der Waals surface area (Å²) in [6.07, 6.45) is 0. The van der Waals surface area contributed by atoms with Crippen LogP contribution in [0.2, 0.25) is 0 Å². The van der Waals surface area contributed by atoms with E-state index in [0.29, 0.717) is 11.1 Å². The van der Waals surface area contributed by atoms with Crippen LogP contribution in [-0.2, 0) is 9.59 Å². The molecule has 0 saturated carbocycles. The van der Waals surface area contributed by atoms with Crippen molar-refractivity contribution in [3.8, 4) is 0 Å². The first kappa shape index (κ1) is 18.4. The summed E-state index contributed by atoms with van der Waals surface area (Å²) in [4.78, 5) is 35.5. The second kappa shape index (κ2) is 8.12. The van der Waals surface area contributed by atoms with E-state index in [1.165, 1.54) is 0 Å². The maximum atomic E-state index is 12.3. The van der Waals surface area contributed by atoms with Crippen LogP contribution in [-0.4, -0.2) is 23.8 Å². The third-order valence-electron chi connectivity index (χ3n) is 3.21. The number of aliphatic carboxylic acids is 1. The van der Waals surface area contributed by atoms with Gasteiger partial charge < -0.3 is 20.5 Å². The van der Waals surface area contributed by atoms with Gasteiger partial charge in [-0.15, -0.1) is 0 Å². The Hall–Kier alpha value is -2.63. The second-order valence-corrected chi connectivity index (χ2v) is 5.71. The van der Waals surface area contributed by atoms with Crippen molar-refractivity contribution in [1.29, 1.82) is 0 Å². The van der Waals surface area contributed by atoms with Crippen molar-refractivity contribution < 1.29 is 19.5 Å². The van der Waals surface area contributed by atoms with Gasteiger partial charge in [-0.25, -0.2) is 0 Å². The number of carboxylic acids is 1. The van der Waals surface area contributed by atoms with Gasteiger partial charge in [-0.1, -0.05) is 32.0 Å². The molecule has 0 aromatic heterocycles. The summed E-state index contributed by atoms with van der Waals surface area (Å²) >= 11 is 0. The van der Waals surface area contributed by atoms with Crippen molar-refractivity contribution in [3.63, 3.8) is 0 Å². The fourth-order valence-corrected chi connectivity index (χ4v) is 1.90. The molecule has 6 heteroatoms. The van der Waals surface area contributed by atoms with Gasteiger partial charge >= 0.3 is 0 Å². The molecule has 0 heterocycles. The second-order valence-electron chi connectivity index (χ2n) is 5.71. The number of carbonyl (C=O) groups is 3. The van der Waals surface area contributed by atoms with Crippen molar-refractivity contribution in [2.45, 2.75) is 33.7 Å². The molecule has 23 heavy (non-hydrogen) atoms. The summed E-state index contributed by atoms with van der Waals surface area (Å²) in [5.74, 6) is -2.80. The van der Waals surface area contributed by atoms with E-state index in [1.54, 1.807) is 58.0 Å². The number of allylic oxidation sites excluding steroid dienone is 1. The Balaban J connectivity index is 2.91. The van der Waals surface area contributed by atoms with E-state index in [-0.39, 0.29) is 11.6 Å². The SMILES string of the molecule is CC(C)=C(NC(=O)c1ccccc1)C(=O)N[C@H](C(=O)[O-])C(C)C. The average Bonchev–Trinajstić information content (AvgIpc) is 2.49. The molecule has 1 rings (SSSR count). The third-order valence-corrected chi connectivity index (χ3v) is 3.21. The molecule has 0 spiro atoms. The maximum absolute atomic E-state index is 12.3. The minimum Gasteiger partial charge on any atom is -0.548 e. The molecule has 0 saturated heterocycles. The third kappa shape index (κ3) is 5.25. The van der Waals surface area contributed by atoms with Gasteiger partial charge in [-0.05, 0) is 37.5 Å². The normalized spacial score (nSPS) is 11.5. The van der Waals surface area contributed by atoms with E-state index < -0.39 is 23.8 Å². The van der Waals surface area contributed by atoms with Crippen molar-refractivity contribution >= 4 is 17.8 Å². The highest BCUT2D eigenvalue weighted by Gasteiger charge is 2.21. The van der Waals surface area contributed by atoms with Crippen molar-refractivity contribution in [3.05, 3.63) is 47.2 Å². The number of hydrogen-bond acceptors (Lipinski definition) is 4. The molecule has 1 atom stereocenters. The lowest BCUT2D eigenvalue weighted by Crippen LogP contribution is -2.52. The lowest BCUT2D eigenvalue weighted by atomic mass is 10.0. The fourth-order valence-electron chi connectivity index (χ4n) is 1.90. The van der Waals surface area contributed by atoms with Crippen LogP contribution in [0.15, 0.2) is 41.6 Å². The Bertz CT molecular complexity index is 617. The summed E-state index contributed by atoms with van der Waals surface area (Å²) in [5.41, 5.74) is 0.998. The maximum Gasteiger partial charge on any atom is 0.268 e. The van der Waals surface area contributed by atoms with Gasteiger partial charge in [0.2, 0.25) is 0 Å². The smallest absolute Gasteiger partial charge is 0.268 e. The zero-order chi connectivity index (χ0) is 17.6. The lowest BCUT2D eigenvalue weighted by molar-refractivity contribution is -0.309. The zero-order valence-electron chi connectivity index (χ0n) is 13.7. The van der Waals surface area contributed by atoms with Crippen molar-refractivity contribution in [1.82, 2.24) is 10.6 Å². The first-order valence-corrected chi connectivity index (χ1v) is 7.29. The topological polar surface area (TPSA) is 98.3 Å². The molecule has 6 nitrogen and oxygen atoms in total. The fraction of sp³-hybridized carbons (Fsp3) is 0.353. The first-order valence-electron chi connectivity index (χ1n) is 7.29. The highest BCUT2D eigenvalue weighted by Crippen LogP contribution is 2.07. The Kier molecular flexibility index (Phi) is 6.50. The molecule has 0 fully saturated rings. The van der Waals surface area contributed by atoms with E-state index in [4.69, 9.17) is 0 Å². The number of carboxylic acid groups (broad SMARTS) is 1. The molecule has 2 amide bonds. The van der Waals surface area contributed by atoms with Gasteiger partial charge in [0.05, 0.1) is 12.0 Å². The molecule has 2 N–H and O–H groups in total. The first-order chi connectivity index (χ1) is 10.7. The van der Waals surface area contributed by atoms with Crippen LogP contribution in [0.25, 0.3) is 0 Å². The molecule has 0 radical (unpaired) electrons. The Morgan fingerprint density at radius 2 is 1.61 bits per heavy atom. The summed E-state index contributed by atoms with van der Waals surface area (Å²) in [5, 5.41) is 16.0. The summed E-state index contributed by atoms with van der Waals surface area (Å²) in [6.45, 7) is 6.63. The van der Waals surface area contributed by atoms with Crippen LogP contribution in [0.4, 0.5) is 0 Å². The van der Waals surface area contributed by atoms with Crippen LogP contribution in [0.1, 0.15) is 38.1 Å². The van der Waals surface area contributed by atoms with E-state index in [2.05, 4.69) is 10.6 Å². The van der Waals surface area contributed by atoms with Gasteiger partial charge in [-0.3, -0.25) is 9.59 Å². The molecular weight excluding hydrogens is 296 g/mol. The predicted molar refractivity (Wildman–Crippen MR) is 84.1 cm³/mol. The summed E-state index contributed by atoms with van der Waals surface area (Å²) in [7, 11) is 0. The molecule has 0 bridgehead atoms. The molecule has 0 aliphatic rings. The predicted octanol–water partition coefficient (Wildman–Crippen LogP) is 0.601. The molecule has 1 aromatic rings. The van der Waals surface area contributed by atoms with Crippen molar-refractivity contribution in [2.75, 3.05) is 0 Å². The van der Waals surface area contributed by atoms with Crippen molar-refractivity contribution in [2.24, 2.45) is 5.92 Å². The minimum atomic E-state index is -1.36. The molecule has 124 valence electrons. The number of nitrogens with one attached hydrogen (secondary N) is 2. The highest BCUT2D eigenvalue weighted by atomic mass is 16.4. The van der Waals surface area contributed by atoms with Crippen LogP contribution >= 0.6 is 0 Å². The van der Waals surface area contributed by atoms with Crippen LogP contribution in [0.5, 0.6) is 0 Å². The number of amides is 2. The van der Waals surface area contributed by atoms with Gasteiger partial charge in [0.15, 0.2) is 0 Å². The Labute approximate surface area is 135 Å². The van der Waals surface area contributed by atoms with E-state index in [0.717, 1.165) is 0 Å².